The maximum Gasteiger partial charge on any atom is 0.261 e. The van der Waals surface area contributed by atoms with Crippen LogP contribution in [0, 0.1) is 5.92 Å². The molecule has 3 atom stereocenters. The van der Waals surface area contributed by atoms with Crippen LogP contribution in [0.15, 0.2) is 48.5 Å². The molecule has 0 bridgehead atoms. The topological polar surface area (TPSA) is 79.3 Å². The lowest BCUT2D eigenvalue weighted by molar-refractivity contribution is -0.216. The molecule has 0 aliphatic carbocycles. The number of carbonyl (C=O) groups excluding carboxylic acids is 2. The Morgan fingerprint density at radius 3 is 2.37 bits per heavy atom. The number of methoxy groups -OCH3 is 1. The third-order valence-corrected chi connectivity index (χ3v) is 5.60. The Bertz CT molecular complexity index is 969. The highest BCUT2D eigenvalue weighted by Crippen LogP contribution is 2.48. The van der Waals surface area contributed by atoms with E-state index in [1.807, 2.05) is 51.1 Å². The van der Waals surface area contributed by atoms with E-state index in [0.29, 0.717) is 11.3 Å². The van der Waals surface area contributed by atoms with E-state index in [1.165, 1.54) is 12.0 Å². The molecule has 2 aromatic rings. The van der Waals surface area contributed by atoms with Gasteiger partial charge in [-0.15, -0.1) is 0 Å². The predicted molar refractivity (Wildman–Crippen MR) is 109 cm³/mol. The number of aromatic hydroxyl groups is 1. The summed E-state index contributed by atoms with van der Waals surface area (Å²) in [6.45, 7) is 6.09. The fraction of sp³-hybridized carbons (Fsp3) is 0.391. The summed E-state index contributed by atoms with van der Waals surface area (Å²) in [5.74, 6) is -0.959. The summed E-state index contributed by atoms with van der Waals surface area (Å²) in [6, 6.07) is 13.9. The molecular formula is C23H26N2O5. The fourth-order valence-electron chi connectivity index (χ4n) is 4.20. The van der Waals surface area contributed by atoms with Crippen LogP contribution in [0.3, 0.4) is 0 Å². The summed E-state index contributed by atoms with van der Waals surface area (Å²) in [5, 5.41) is 12.0. The smallest absolute Gasteiger partial charge is 0.261 e. The van der Waals surface area contributed by atoms with E-state index in [2.05, 4.69) is 0 Å². The predicted octanol–water partition coefficient (Wildman–Crippen LogP) is 3.04. The summed E-state index contributed by atoms with van der Waals surface area (Å²) in [4.78, 5) is 33.8. The summed E-state index contributed by atoms with van der Waals surface area (Å²) >= 11 is 0. The van der Waals surface area contributed by atoms with E-state index in [4.69, 9.17) is 9.57 Å². The van der Waals surface area contributed by atoms with Crippen molar-refractivity contribution in [2.24, 2.45) is 5.92 Å². The van der Waals surface area contributed by atoms with Gasteiger partial charge >= 0.3 is 0 Å². The van der Waals surface area contributed by atoms with Crippen molar-refractivity contribution in [1.29, 1.82) is 0 Å². The lowest BCUT2D eigenvalue weighted by Crippen LogP contribution is -2.44. The van der Waals surface area contributed by atoms with E-state index in [0.717, 1.165) is 5.56 Å². The molecule has 7 nitrogen and oxygen atoms in total. The maximum absolute atomic E-state index is 13.4. The first-order valence-corrected chi connectivity index (χ1v) is 9.94. The zero-order valence-electron chi connectivity index (χ0n) is 17.5. The van der Waals surface area contributed by atoms with Gasteiger partial charge in [0.2, 0.25) is 5.91 Å². The van der Waals surface area contributed by atoms with Crippen molar-refractivity contribution in [1.82, 2.24) is 9.96 Å². The minimum Gasteiger partial charge on any atom is -0.504 e. The average molecular weight is 410 g/mol. The summed E-state index contributed by atoms with van der Waals surface area (Å²) in [5.41, 5.74) is 1.11. The van der Waals surface area contributed by atoms with E-state index in [9.17, 15) is 14.7 Å². The Balaban J connectivity index is 1.71. The molecule has 4 rings (SSSR count). The normalized spacial score (nSPS) is 24.4. The average Bonchev–Trinajstić information content (AvgIpc) is 3.21. The van der Waals surface area contributed by atoms with Crippen LogP contribution in [0.25, 0.3) is 0 Å². The minimum atomic E-state index is -0.880. The second-order valence-corrected chi connectivity index (χ2v) is 8.67. The van der Waals surface area contributed by atoms with Crippen molar-refractivity contribution in [2.45, 2.75) is 45.0 Å². The molecule has 0 spiro atoms. The highest BCUT2D eigenvalue weighted by molar-refractivity contribution is 6.07. The zero-order chi connectivity index (χ0) is 21.6. The number of likely N-dealkylation sites (tertiary alicyclic amines) is 1. The molecule has 2 aliphatic heterocycles. The van der Waals surface area contributed by atoms with Crippen LogP contribution in [-0.2, 0) is 21.0 Å². The van der Waals surface area contributed by atoms with Gasteiger partial charge in [-0.2, -0.15) is 5.06 Å². The van der Waals surface area contributed by atoms with Gasteiger partial charge in [-0.1, -0.05) is 36.4 Å². The van der Waals surface area contributed by atoms with Gasteiger partial charge in [0.15, 0.2) is 17.6 Å². The molecule has 1 N–H and O–H groups in total. The van der Waals surface area contributed by atoms with Crippen molar-refractivity contribution in [3.8, 4) is 11.5 Å². The molecule has 158 valence electrons. The van der Waals surface area contributed by atoms with Crippen LogP contribution in [0.5, 0.6) is 11.5 Å². The zero-order valence-corrected chi connectivity index (χ0v) is 17.5. The number of amides is 2. The number of imide groups is 1. The molecule has 2 heterocycles. The lowest BCUT2D eigenvalue weighted by Gasteiger charge is -2.36. The van der Waals surface area contributed by atoms with Crippen LogP contribution >= 0.6 is 0 Å². The number of hydrogen-bond donors (Lipinski definition) is 1. The molecule has 0 aromatic heterocycles. The summed E-state index contributed by atoms with van der Waals surface area (Å²) in [6.07, 6.45) is -0.880. The number of benzene rings is 2. The number of nitrogens with zero attached hydrogens (tertiary/aromatic N) is 2. The van der Waals surface area contributed by atoms with Gasteiger partial charge < -0.3 is 9.84 Å². The lowest BCUT2D eigenvalue weighted by atomic mass is 9.89. The van der Waals surface area contributed by atoms with Crippen LogP contribution in [0.1, 0.15) is 37.9 Å². The quantitative estimate of drug-likeness (QED) is 0.781. The molecule has 2 amide bonds. The summed E-state index contributed by atoms with van der Waals surface area (Å²) in [7, 11) is 1.48. The largest absolute Gasteiger partial charge is 0.504 e. The highest BCUT2D eigenvalue weighted by atomic mass is 16.7. The molecule has 2 fully saturated rings. The molecule has 2 saturated heterocycles. The van der Waals surface area contributed by atoms with Crippen LogP contribution < -0.4 is 4.74 Å². The number of phenolic OH excluding ortho intramolecular Hbond substituents is 1. The molecule has 3 unspecified atom stereocenters. The second-order valence-electron chi connectivity index (χ2n) is 8.67. The molecule has 0 radical (unpaired) electrons. The molecule has 0 saturated carbocycles. The molecular weight excluding hydrogens is 384 g/mol. The second kappa shape index (κ2) is 7.41. The number of hydrogen-bond acceptors (Lipinski definition) is 6. The fourth-order valence-corrected chi connectivity index (χ4v) is 4.20. The third-order valence-electron chi connectivity index (χ3n) is 5.60. The van der Waals surface area contributed by atoms with Gasteiger partial charge in [0.25, 0.3) is 5.91 Å². The van der Waals surface area contributed by atoms with Crippen molar-refractivity contribution < 1.29 is 24.3 Å². The van der Waals surface area contributed by atoms with Gasteiger partial charge in [0.05, 0.1) is 25.6 Å². The van der Waals surface area contributed by atoms with E-state index < -0.39 is 23.6 Å². The van der Waals surface area contributed by atoms with Crippen LogP contribution in [0.4, 0.5) is 0 Å². The van der Waals surface area contributed by atoms with Gasteiger partial charge in [-0.3, -0.25) is 19.3 Å². The van der Waals surface area contributed by atoms with Crippen LogP contribution in [-0.4, -0.2) is 45.6 Å². The monoisotopic (exact) mass is 410 g/mol. The van der Waals surface area contributed by atoms with Gasteiger partial charge in [0.1, 0.15) is 0 Å². The SMILES string of the molecule is COc1ccc(C2C3C(=O)N(Cc4ccccc4)C(=O)C3ON2C(C)(C)C)cc1O. The Kier molecular flexibility index (Phi) is 5.03. The standard InChI is InChI=1S/C23H26N2O5/c1-23(2,3)25-19(15-10-11-17(29-4)16(26)12-15)18-20(30-25)22(28)24(21(18)27)13-14-8-6-5-7-9-14/h5-12,18-20,26H,13H2,1-4H3. The Morgan fingerprint density at radius 2 is 1.77 bits per heavy atom. The maximum atomic E-state index is 13.4. The van der Waals surface area contributed by atoms with Crippen molar-refractivity contribution in [3.63, 3.8) is 0 Å². The molecule has 2 aromatic carbocycles. The molecule has 30 heavy (non-hydrogen) atoms. The van der Waals surface area contributed by atoms with E-state index in [1.54, 1.807) is 23.3 Å². The minimum absolute atomic E-state index is 0.0229. The first-order valence-electron chi connectivity index (χ1n) is 9.94. The number of ether oxygens (including phenoxy) is 1. The van der Waals surface area contributed by atoms with Gasteiger partial charge in [-0.05, 0) is 44.0 Å². The highest BCUT2D eigenvalue weighted by Gasteiger charge is 2.61. The first kappa shape index (κ1) is 20.4. The Labute approximate surface area is 175 Å². The van der Waals surface area contributed by atoms with E-state index >= 15 is 0 Å². The van der Waals surface area contributed by atoms with Crippen LogP contribution in [0.2, 0.25) is 0 Å². The van der Waals surface area contributed by atoms with Crippen molar-refractivity contribution >= 4 is 11.8 Å². The third kappa shape index (κ3) is 3.34. The van der Waals surface area contributed by atoms with Crippen molar-refractivity contribution in [2.75, 3.05) is 7.11 Å². The number of rotatable bonds is 4. The number of phenols is 1. The van der Waals surface area contributed by atoms with E-state index in [-0.39, 0.29) is 24.1 Å². The Morgan fingerprint density at radius 1 is 1.07 bits per heavy atom. The summed E-state index contributed by atoms with van der Waals surface area (Å²) < 4.78 is 5.14. The number of hydroxylamine groups is 2. The molecule has 2 aliphatic rings. The molecule has 7 heteroatoms. The van der Waals surface area contributed by atoms with Gasteiger partial charge in [-0.25, -0.2) is 0 Å². The first-order chi connectivity index (χ1) is 14.2. The number of carbonyl (C=O) groups is 2. The Hall–Kier alpha value is -2.90. The van der Waals surface area contributed by atoms with Gasteiger partial charge in [0, 0.05) is 5.54 Å². The van der Waals surface area contributed by atoms with Crippen molar-refractivity contribution in [3.05, 3.63) is 59.7 Å². The number of fused-ring (bicyclic) bond motifs is 1.